The van der Waals surface area contributed by atoms with Gasteiger partial charge in [-0.05, 0) is 52.3 Å². The minimum absolute atomic E-state index is 0.0206. The van der Waals surface area contributed by atoms with Crippen LogP contribution in [0.15, 0.2) is 41.0 Å². The predicted octanol–water partition coefficient (Wildman–Crippen LogP) is 5.08. The lowest BCUT2D eigenvalue weighted by Crippen LogP contribution is -2.16. The summed E-state index contributed by atoms with van der Waals surface area (Å²) in [5.74, 6) is -1.66. The molecule has 3 rings (SSSR count). The molecule has 0 aliphatic heterocycles. The van der Waals surface area contributed by atoms with Gasteiger partial charge in [0.05, 0.1) is 11.2 Å². The lowest BCUT2D eigenvalue weighted by Gasteiger charge is -2.09. The van der Waals surface area contributed by atoms with Crippen molar-refractivity contribution in [3.05, 3.63) is 46.8 Å². The maximum Gasteiger partial charge on any atom is 0.573 e. The monoisotopic (exact) mass is 425 g/mol. The summed E-state index contributed by atoms with van der Waals surface area (Å²) in [5.41, 5.74) is 0.545. The number of fused-ring (bicyclic) bond motifs is 1. The highest BCUT2D eigenvalue weighted by atomic mass is 79.9. The molecule has 0 radical (unpaired) electrons. The second-order valence-corrected chi connectivity index (χ2v) is 5.56. The highest BCUT2D eigenvalue weighted by Crippen LogP contribution is 2.32. The topological polar surface area (TPSA) is 39.4 Å². The molecule has 0 fully saturated rings. The number of rotatable bonds is 2. The van der Waals surface area contributed by atoms with Gasteiger partial charge in [-0.15, -0.1) is 13.2 Å². The number of halogens is 7. The number of hydrogen-bond donors (Lipinski definition) is 0. The number of ether oxygens (including phenoxy) is 1. The van der Waals surface area contributed by atoms with Crippen LogP contribution in [0, 0.1) is 0 Å². The van der Waals surface area contributed by atoms with Crippen LogP contribution in [0.5, 0.6) is 5.75 Å². The van der Waals surface area contributed by atoms with E-state index in [2.05, 4.69) is 30.7 Å². The number of imidazole rings is 1. The van der Waals surface area contributed by atoms with Crippen molar-refractivity contribution in [2.24, 2.45) is 0 Å². The van der Waals surface area contributed by atoms with Crippen LogP contribution in [0.4, 0.5) is 26.3 Å². The highest BCUT2D eigenvalue weighted by Gasteiger charge is 2.37. The van der Waals surface area contributed by atoms with Crippen LogP contribution < -0.4 is 4.74 Å². The van der Waals surface area contributed by atoms with E-state index in [4.69, 9.17) is 0 Å². The molecule has 2 aromatic heterocycles. The summed E-state index contributed by atoms with van der Waals surface area (Å²) in [6.07, 6.45) is -9.55. The first-order valence-electron chi connectivity index (χ1n) is 6.53. The van der Waals surface area contributed by atoms with Gasteiger partial charge in [-0.3, -0.25) is 0 Å². The molecule has 0 spiro atoms. The van der Waals surface area contributed by atoms with Crippen LogP contribution >= 0.6 is 15.9 Å². The first-order valence-corrected chi connectivity index (χ1v) is 7.32. The van der Waals surface area contributed by atoms with E-state index in [0.717, 1.165) is 12.1 Å². The van der Waals surface area contributed by atoms with Crippen molar-refractivity contribution in [3.8, 4) is 17.0 Å². The molecular weight excluding hydrogens is 420 g/mol. The smallest absolute Gasteiger partial charge is 0.406 e. The number of aromatic nitrogens is 3. The SMILES string of the molecule is FC(F)(F)Oc1ccc(-c2ccc3c(Br)nc(C(F)(F)F)n3n2)cc1. The summed E-state index contributed by atoms with van der Waals surface area (Å²) in [4.78, 5) is 3.40. The summed E-state index contributed by atoms with van der Waals surface area (Å²) in [6, 6.07) is 7.41. The van der Waals surface area contributed by atoms with Crippen LogP contribution in [0.25, 0.3) is 16.8 Å². The van der Waals surface area contributed by atoms with Gasteiger partial charge in [0.2, 0.25) is 5.82 Å². The first kappa shape index (κ1) is 17.5. The van der Waals surface area contributed by atoms with Crippen molar-refractivity contribution in [2.75, 3.05) is 0 Å². The normalized spacial score (nSPS) is 12.6. The van der Waals surface area contributed by atoms with Crippen molar-refractivity contribution in [3.63, 3.8) is 0 Å². The molecular formula is C14H6BrF6N3O. The fourth-order valence-corrected chi connectivity index (χ4v) is 2.57. The zero-order valence-electron chi connectivity index (χ0n) is 11.9. The van der Waals surface area contributed by atoms with E-state index in [1.54, 1.807) is 0 Å². The maximum absolute atomic E-state index is 13.0. The van der Waals surface area contributed by atoms with E-state index in [0.29, 0.717) is 10.1 Å². The average molecular weight is 426 g/mol. The molecule has 0 saturated carbocycles. The second kappa shape index (κ2) is 5.90. The standard InChI is InChI=1S/C14H6BrF6N3O/c15-11-10-6-5-9(23-24(10)12(22-11)13(16,17)18)7-1-3-8(4-2-7)25-14(19,20)21/h1-6H. The van der Waals surface area contributed by atoms with Gasteiger partial charge in [-0.1, -0.05) is 0 Å². The summed E-state index contributed by atoms with van der Waals surface area (Å²) >= 11 is 2.93. The van der Waals surface area contributed by atoms with Crippen LogP contribution in [0.1, 0.15) is 5.82 Å². The molecule has 0 bridgehead atoms. The second-order valence-electron chi connectivity index (χ2n) is 4.81. The third kappa shape index (κ3) is 3.70. The summed E-state index contributed by atoms with van der Waals surface area (Å²) < 4.78 is 79.8. The third-order valence-electron chi connectivity index (χ3n) is 3.09. The Morgan fingerprint density at radius 1 is 0.920 bits per heavy atom. The van der Waals surface area contributed by atoms with E-state index in [1.807, 2.05) is 0 Å². The molecule has 25 heavy (non-hydrogen) atoms. The van der Waals surface area contributed by atoms with Gasteiger partial charge in [0.1, 0.15) is 10.4 Å². The molecule has 11 heteroatoms. The minimum Gasteiger partial charge on any atom is -0.406 e. The largest absolute Gasteiger partial charge is 0.573 e. The zero-order valence-corrected chi connectivity index (χ0v) is 13.4. The lowest BCUT2D eigenvalue weighted by molar-refractivity contribution is -0.274. The van der Waals surface area contributed by atoms with Gasteiger partial charge in [-0.2, -0.15) is 18.3 Å². The number of benzene rings is 1. The van der Waals surface area contributed by atoms with Crippen LogP contribution in [-0.2, 0) is 6.18 Å². The van der Waals surface area contributed by atoms with Gasteiger partial charge in [0, 0.05) is 5.56 Å². The number of alkyl halides is 6. The fraction of sp³-hybridized carbons (Fsp3) is 0.143. The van der Waals surface area contributed by atoms with Gasteiger partial charge >= 0.3 is 12.5 Å². The maximum atomic E-state index is 13.0. The lowest BCUT2D eigenvalue weighted by atomic mass is 10.1. The average Bonchev–Trinajstić information content (AvgIpc) is 2.83. The fourth-order valence-electron chi connectivity index (χ4n) is 2.10. The summed E-state index contributed by atoms with van der Waals surface area (Å²) in [5, 5.41) is 3.88. The molecule has 1 aromatic carbocycles. The molecule has 0 N–H and O–H groups in total. The summed E-state index contributed by atoms with van der Waals surface area (Å²) in [6.45, 7) is 0. The van der Waals surface area contributed by atoms with Crippen molar-refractivity contribution in [2.45, 2.75) is 12.5 Å². The Kier molecular flexibility index (Phi) is 4.13. The molecule has 0 amide bonds. The van der Waals surface area contributed by atoms with Gasteiger partial charge < -0.3 is 4.74 Å². The number of nitrogens with zero attached hydrogens (tertiary/aromatic N) is 3. The molecule has 4 nitrogen and oxygen atoms in total. The van der Waals surface area contributed by atoms with Crippen molar-refractivity contribution in [1.29, 1.82) is 0 Å². The quantitative estimate of drug-likeness (QED) is 0.537. The van der Waals surface area contributed by atoms with Crippen LogP contribution in [-0.4, -0.2) is 21.0 Å². The molecule has 0 aliphatic carbocycles. The van der Waals surface area contributed by atoms with E-state index < -0.39 is 24.1 Å². The van der Waals surface area contributed by atoms with E-state index >= 15 is 0 Å². The van der Waals surface area contributed by atoms with Gasteiger partial charge in [-0.25, -0.2) is 9.50 Å². The van der Waals surface area contributed by atoms with Crippen LogP contribution in [0.2, 0.25) is 0 Å². The Hall–Kier alpha value is -2.30. The molecule has 132 valence electrons. The van der Waals surface area contributed by atoms with Crippen LogP contribution in [0.3, 0.4) is 0 Å². The van der Waals surface area contributed by atoms with E-state index in [-0.39, 0.29) is 15.8 Å². The van der Waals surface area contributed by atoms with Gasteiger partial charge in [0.25, 0.3) is 0 Å². The zero-order chi connectivity index (χ0) is 18.4. The number of hydrogen-bond acceptors (Lipinski definition) is 3. The predicted molar refractivity (Wildman–Crippen MR) is 77.8 cm³/mol. The van der Waals surface area contributed by atoms with Gasteiger partial charge in [0.15, 0.2) is 0 Å². The third-order valence-corrected chi connectivity index (χ3v) is 3.67. The molecule has 0 aliphatic rings. The molecule has 0 unspecified atom stereocenters. The Bertz CT molecular complexity index is 917. The van der Waals surface area contributed by atoms with E-state index in [9.17, 15) is 26.3 Å². The Morgan fingerprint density at radius 2 is 1.56 bits per heavy atom. The first-order chi connectivity index (χ1) is 11.5. The van der Waals surface area contributed by atoms with Crippen molar-refractivity contribution < 1.29 is 31.1 Å². The Balaban J connectivity index is 2.02. The van der Waals surface area contributed by atoms with Crippen molar-refractivity contribution in [1.82, 2.24) is 14.6 Å². The summed E-state index contributed by atoms with van der Waals surface area (Å²) in [7, 11) is 0. The Morgan fingerprint density at radius 3 is 2.12 bits per heavy atom. The molecule has 2 heterocycles. The van der Waals surface area contributed by atoms with E-state index in [1.165, 1.54) is 24.3 Å². The highest BCUT2D eigenvalue weighted by molar-refractivity contribution is 9.10. The Labute approximate surface area is 144 Å². The molecule has 3 aromatic rings. The minimum atomic E-state index is -4.83. The van der Waals surface area contributed by atoms with Crippen molar-refractivity contribution >= 4 is 21.4 Å². The molecule has 0 atom stereocenters. The molecule has 0 saturated heterocycles.